The molecule has 0 heterocycles. The Kier molecular flexibility index (Phi) is 7.79. The first-order valence-corrected chi connectivity index (χ1v) is 8.13. The summed E-state index contributed by atoms with van der Waals surface area (Å²) in [7, 11) is 0. The predicted octanol–water partition coefficient (Wildman–Crippen LogP) is 4.30. The second-order valence-electron chi connectivity index (χ2n) is 5.61. The summed E-state index contributed by atoms with van der Waals surface area (Å²) in [4.78, 5) is 43.3. The van der Waals surface area contributed by atoms with Crippen LogP contribution < -0.4 is 0 Å². The predicted molar refractivity (Wildman–Crippen MR) is 92.9 cm³/mol. The van der Waals surface area contributed by atoms with Gasteiger partial charge in [0.05, 0.1) is 11.1 Å². The maximum atomic E-state index is 11.9. The van der Waals surface area contributed by atoms with Gasteiger partial charge in [0.25, 0.3) is 0 Å². The molecule has 2 radical (unpaired) electrons. The van der Waals surface area contributed by atoms with Crippen molar-refractivity contribution < 1.29 is 29.1 Å². The van der Waals surface area contributed by atoms with Gasteiger partial charge in [-0.2, -0.15) is 0 Å². The summed E-state index contributed by atoms with van der Waals surface area (Å²) in [5.74, 6) is -1.32. The Morgan fingerprint density at radius 3 is 1.62 bits per heavy atom. The van der Waals surface area contributed by atoms with Crippen molar-refractivity contribution in [1.82, 2.24) is 0 Å². The summed E-state index contributed by atoms with van der Waals surface area (Å²) in [5.41, 5.74) is 0.636. The highest BCUT2D eigenvalue weighted by Crippen LogP contribution is 2.21. The van der Waals surface area contributed by atoms with Crippen LogP contribution in [-0.2, 0) is 19.6 Å². The van der Waals surface area contributed by atoms with Crippen molar-refractivity contribution in [3.63, 3.8) is 0 Å². The molecule has 0 spiro atoms. The minimum absolute atomic E-state index is 0.0656. The van der Waals surface area contributed by atoms with Gasteiger partial charge in [0.15, 0.2) is 0 Å². The van der Waals surface area contributed by atoms with E-state index in [1.54, 1.807) is 60.7 Å². The molecule has 6 heteroatoms. The molecular formula is C20H20O6. The number of benzene rings is 2. The van der Waals surface area contributed by atoms with E-state index in [-0.39, 0.29) is 18.6 Å². The molecule has 0 aliphatic carbocycles. The van der Waals surface area contributed by atoms with Crippen LogP contribution in [0.5, 0.6) is 0 Å². The second kappa shape index (κ2) is 10.3. The molecule has 0 aliphatic heterocycles. The van der Waals surface area contributed by atoms with Gasteiger partial charge in [-0.1, -0.05) is 56.7 Å². The van der Waals surface area contributed by atoms with Crippen LogP contribution in [0.3, 0.4) is 0 Å². The van der Waals surface area contributed by atoms with Gasteiger partial charge in [-0.15, -0.1) is 9.78 Å². The summed E-state index contributed by atoms with van der Waals surface area (Å²) in [5, 5.41) is 0. The van der Waals surface area contributed by atoms with Gasteiger partial charge in [-0.05, 0) is 30.2 Å². The highest BCUT2D eigenvalue weighted by Gasteiger charge is 2.23. The molecule has 26 heavy (non-hydrogen) atoms. The lowest BCUT2D eigenvalue weighted by Crippen LogP contribution is -2.18. The van der Waals surface area contributed by atoms with Crippen LogP contribution in [-0.4, -0.2) is 11.9 Å². The van der Waals surface area contributed by atoms with Gasteiger partial charge in [0.1, 0.15) is 0 Å². The van der Waals surface area contributed by atoms with Crippen LogP contribution in [0.15, 0.2) is 60.7 Å². The number of carbonyl (C=O) groups excluding carboxylic acids is 2. The highest BCUT2D eigenvalue weighted by atomic mass is 17.3. The van der Waals surface area contributed by atoms with Crippen molar-refractivity contribution in [2.75, 3.05) is 0 Å². The standard InChI is InChI=1S/C20H20O6/c1-3-15(2)14-18(23-25-19(21)16-10-6-4-7-11-16)24-26-20(22)17-12-8-5-9-13-17/h4-13,15H,1,3,14H2,2H3. The fourth-order valence-corrected chi connectivity index (χ4v) is 1.88. The van der Waals surface area contributed by atoms with E-state index in [1.165, 1.54) is 0 Å². The molecule has 2 aromatic carbocycles. The van der Waals surface area contributed by atoms with Crippen LogP contribution in [0.4, 0.5) is 0 Å². The first kappa shape index (κ1) is 19.6. The van der Waals surface area contributed by atoms with E-state index in [2.05, 4.69) is 6.92 Å². The third-order valence-electron chi connectivity index (χ3n) is 3.45. The monoisotopic (exact) mass is 356 g/mol. The highest BCUT2D eigenvalue weighted by molar-refractivity contribution is 5.89. The molecule has 136 valence electrons. The van der Waals surface area contributed by atoms with E-state index in [0.29, 0.717) is 17.5 Å². The van der Waals surface area contributed by atoms with Crippen LogP contribution in [0.1, 0.15) is 40.5 Å². The third-order valence-corrected chi connectivity index (χ3v) is 3.45. The molecule has 1 unspecified atom stereocenters. The average Bonchev–Trinajstić information content (AvgIpc) is 2.70. The summed E-state index contributed by atoms with van der Waals surface area (Å²) in [6, 6.07) is 16.7. The van der Waals surface area contributed by atoms with Gasteiger partial charge in [-0.3, -0.25) is 9.78 Å². The fourth-order valence-electron chi connectivity index (χ4n) is 1.88. The Labute approximate surface area is 152 Å². The fraction of sp³-hybridized carbons (Fsp3) is 0.200. The van der Waals surface area contributed by atoms with Crippen molar-refractivity contribution in [3.05, 3.63) is 85.0 Å². The summed E-state index contributed by atoms with van der Waals surface area (Å²) >= 11 is 0. The van der Waals surface area contributed by atoms with Gasteiger partial charge in [0.2, 0.25) is 0 Å². The number of hydrogen-bond acceptors (Lipinski definition) is 6. The van der Waals surface area contributed by atoms with Crippen molar-refractivity contribution in [1.29, 1.82) is 0 Å². The Balaban J connectivity index is 1.90. The molecule has 0 aromatic heterocycles. The zero-order valence-corrected chi connectivity index (χ0v) is 14.4. The van der Waals surface area contributed by atoms with Crippen LogP contribution in [0.25, 0.3) is 0 Å². The quantitative estimate of drug-likeness (QED) is 0.493. The zero-order chi connectivity index (χ0) is 18.8. The molecule has 2 aromatic rings. The second-order valence-corrected chi connectivity index (χ2v) is 5.61. The Morgan fingerprint density at radius 2 is 1.23 bits per heavy atom. The summed E-state index contributed by atoms with van der Waals surface area (Å²) in [6.45, 7) is 5.68. The topological polar surface area (TPSA) is 71.1 Å². The molecule has 0 saturated heterocycles. The largest absolute Gasteiger partial charge is 0.373 e. The van der Waals surface area contributed by atoms with E-state index in [9.17, 15) is 9.59 Å². The average molecular weight is 356 g/mol. The zero-order valence-electron chi connectivity index (χ0n) is 14.4. The normalized spacial score (nSPS) is 11.8. The number of hydrogen-bond donors (Lipinski definition) is 0. The number of carbonyl (C=O) groups is 2. The van der Waals surface area contributed by atoms with E-state index >= 15 is 0 Å². The molecule has 6 nitrogen and oxygen atoms in total. The maximum Gasteiger partial charge on any atom is 0.373 e. The first-order chi connectivity index (χ1) is 12.6. The maximum absolute atomic E-state index is 11.9. The van der Waals surface area contributed by atoms with Gasteiger partial charge < -0.3 is 0 Å². The summed E-state index contributed by atoms with van der Waals surface area (Å²) < 4.78 is 0. The molecule has 0 amide bonds. The molecule has 0 fully saturated rings. The lowest BCUT2D eigenvalue weighted by atomic mass is 10.1. The molecule has 0 aliphatic rings. The van der Waals surface area contributed by atoms with E-state index in [1.807, 2.05) is 6.92 Å². The van der Waals surface area contributed by atoms with Gasteiger partial charge in [-0.25, -0.2) is 9.59 Å². The SMILES string of the molecule is [CH2]CC(C)C[C](OOC(=O)c1ccccc1)OOC(=O)c1ccccc1. The van der Waals surface area contributed by atoms with Crippen LogP contribution in [0.2, 0.25) is 0 Å². The Bertz CT molecular complexity index is 630. The molecule has 0 saturated carbocycles. The third kappa shape index (κ3) is 6.31. The van der Waals surface area contributed by atoms with E-state index in [4.69, 9.17) is 19.6 Å². The van der Waals surface area contributed by atoms with E-state index < -0.39 is 11.9 Å². The van der Waals surface area contributed by atoms with E-state index in [0.717, 1.165) is 0 Å². The molecule has 0 N–H and O–H groups in total. The van der Waals surface area contributed by atoms with Crippen LogP contribution in [0, 0.1) is 19.1 Å². The minimum atomic E-state index is -0.691. The van der Waals surface area contributed by atoms with Crippen molar-refractivity contribution >= 4 is 11.9 Å². The van der Waals surface area contributed by atoms with Crippen molar-refractivity contribution in [2.45, 2.75) is 19.8 Å². The Morgan fingerprint density at radius 1 is 0.808 bits per heavy atom. The molecular weight excluding hydrogens is 336 g/mol. The minimum Gasteiger partial charge on any atom is -0.289 e. The molecule has 0 bridgehead atoms. The Hall–Kier alpha value is -2.70. The van der Waals surface area contributed by atoms with Gasteiger partial charge >= 0.3 is 18.2 Å². The van der Waals surface area contributed by atoms with Crippen molar-refractivity contribution in [2.24, 2.45) is 5.92 Å². The lowest BCUT2D eigenvalue weighted by molar-refractivity contribution is -0.365. The molecule has 1 atom stereocenters. The smallest absolute Gasteiger partial charge is 0.289 e. The summed E-state index contributed by atoms with van der Waals surface area (Å²) in [6.07, 6.45) is 0.693. The number of rotatable bonds is 9. The van der Waals surface area contributed by atoms with Crippen LogP contribution >= 0.6 is 0 Å². The first-order valence-electron chi connectivity index (χ1n) is 8.13. The molecule has 2 rings (SSSR count). The van der Waals surface area contributed by atoms with Crippen molar-refractivity contribution in [3.8, 4) is 0 Å². The van der Waals surface area contributed by atoms with Gasteiger partial charge in [0, 0.05) is 6.42 Å². The lowest BCUT2D eigenvalue weighted by Gasteiger charge is -2.16.